The van der Waals surface area contributed by atoms with Crippen molar-refractivity contribution < 1.29 is 14.3 Å². The molecule has 1 atom stereocenters. The van der Waals surface area contributed by atoms with Crippen LogP contribution in [0.3, 0.4) is 0 Å². The fraction of sp³-hybridized carbons (Fsp3) is 0.444. The van der Waals surface area contributed by atoms with Crippen LogP contribution in [0.4, 0.5) is 0 Å². The molecule has 3 heterocycles. The molecular weight excluding hydrogens is 342 g/mol. The zero-order chi connectivity index (χ0) is 17.2. The molecule has 1 aromatic carbocycles. The van der Waals surface area contributed by atoms with Gasteiger partial charge in [0, 0.05) is 30.2 Å². The van der Waals surface area contributed by atoms with Crippen LogP contribution in [-0.4, -0.2) is 53.2 Å². The Morgan fingerprint density at radius 1 is 1.28 bits per heavy atom. The largest absolute Gasteiger partial charge is 0.350 e. The lowest BCUT2D eigenvalue weighted by atomic mass is 9.97. The highest BCUT2D eigenvalue weighted by Gasteiger charge is 2.33. The third-order valence-electron chi connectivity index (χ3n) is 4.68. The van der Waals surface area contributed by atoms with Crippen molar-refractivity contribution in [2.24, 2.45) is 5.92 Å². The molecule has 2 aliphatic rings. The average Bonchev–Trinajstić information content (AvgIpc) is 3.33. The van der Waals surface area contributed by atoms with Crippen molar-refractivity contribution in [1.82, 2.24) is 14.7 Å². The summed E-state index contributed by atoms with van der Waals surface area (Å²) < 4.78 is 12.9. The molecule has 1 amide bonds. The van der Waals surface area contributed by atoms with Crippen molar-refractivity contribution in [2.45, 2.75) is 19.1 Å². The van der Waals surface area contributed by atoms with Crippen molar-refractivity contribution in [3.63, 3.8) is 0 Å². The van der Waals surface area contributed by atoms with Gasteiger partial charge in [-0.2, -0.15) is 5.10 Å². The van der Waals surface area contributed by atoms with Crippen LogP contribution >= 0.6 is 11.6 Å². The van der Waals surface area contributed by atoms with Crippen LogP contribution in [0, 0.1) is 5.92 Å². The highest BCUT2D eigenvalue weighted by Crippen LogP contribution is 2.26. The first kappa shape index (κ1) is 16.6. The first-order valence-corrected chi connectivity index (χ1v) is 8.91. The number of hydrogen-bond acceptors (Lipinski definition) is 4. The minimum atomic E-state index is -0.176. The van der Waals surface area contributed by atoms with E-state index < -0.39 is 0 Å². The van der Waals surface area contributed by atoms with Crippen LogP contribution in [0.1, 0.15) is 23.2 Å². The smallest absolute Gasteiger partial charge is 0.257 e. The number of aromatic nitrogens is 2. The van der Waals surface area contributed by atoms with Gasteiger partial charge in [0.15, 0.2) is 6.29 Å². The normalized spacial score (nSPS) is 21.6. The summed E-state index contributed by atoms with van der Waals surface area (Å²) in [6.45, 7) is 2.69. The quantitative estimate of drug-likeness (QED) is 0.843. The number of likely N-dealkylation sites (tertiary alicyclic amines) is 1. The number of piperidine rings is 1. The van der Waals surface area contributed by atoms with Crippen LogP contribution in [0.2, 0.25) is 5.02 Å². The lowest BCUT2D eigenvalue weighted by Gasteiger charge is -2.34. The lowest BCUT2D eigenvalue weighted by molar-refractivity contribution is -0.0969. The predicted molar refractivity (Wildman–Crippen MR) is 92.9 cm³/mol. The van der Waals surface area contributed by atoms with Gasteiger partial charge in [0.1, 0.15) is 0 Å². The number of carbonyl (C=O) groups excluding carboxylic acids is 1. The van der Waals surface area contributed by atoms with Crippen molar-refractivity contribution in [1.29, 1.82) is 0 Å². The van der Waals surface area contributed by atoms with Gasteiger partial charge < -0.3 is 14.4 Å². The second kappa shape index (κ2) is 7.15. The number of ether oxygens (including phenoxy) is 2. The summed E-state index contributed by atoms with van der Waals surface area (Å²) in [5, 5.41) is 4.94. The third kappa shape index (κ3) is 3.56. The maximum Gasteiger partial charge on any atom is 0.257 e. The van der Waals surface area contributed by atoms with Gasteiger partial charge in [-0.15, -0.1) is 0 Å². The van der Waals surface area contributed by atoms with E-state index in [9.17, 15) is 4.79 Å². The topological polar surface area (TPSA) is 56.6 Å². The van der Waals surface area contributed by atoms with Crippen LogP contribution < -0.4 is 0 Å². The summed E-state index contributed by atoms with van der Waals surface area (Å²) >= 11 is 6.02. The molecule has 4 rings (SSSR count). The van der Waals surface area contributed by atoms with Crippen LogP contribution in [-0.2, 0) is 9.47 Å². The Morgan fingerprint density at radius 2 is 2.12 bits per heavy atom. The minimum Gasteiger partial charge on any atom is -0.350 e. The molecule has 0 spiro atoms. The van der Waals surface area contributed by atoms with E-state index in [1.165, 1.54) is 0 Å². The second-order valence-electron chi connectivity index (χ2n) is 6.42. The van der Waals surface area contributed by atoms with Gasteiger partial charge in [-0.25, -0.2) is 4.68 Å². The van der Waals surface area contributed by atoms with Crippen molar-refractivity contribution >= 4 is 17.5 Å². The van der Waals surface area contributed by atoms with E-state index in [4.69, 9.17) is 21.1 Å². The van der Waals surface area contributed by atoms with Gasteiger partial charge in [-0.3, -0.25) is 4.79 Å². The Labute approximate surface area is 151 Å². The highest BCUT2D eigenvalue weighted by molar-refractivity contribution is 6.30. The SMILES string of the molecule is O=C(c1cnn(-c2cccc(Cl)c2)c1)N1CCCC(C2OCCO2)C1. The Bertz CT molecular complexity index is 758. The fourth-order valence-electron chi connectivity index (χ4n) is 3.44. The standard InChI is InChI=1S/C18H20ClN3O3/c19-15-4-1-5-16(9-15)22-12-14(10-20-22)17(23)21-6-2-3-13(11-21)18-24-7-8-25-18/h1,4-5,9-10,12-13,18H,2-3,6-8,11H2. The van der Waals surface area contributed by atoms with Crippen molar-refractivity contribution in [3.05, 3.63) is 47.2 Å². The van der Waals surface area contributed by atoms with E-state index in [-0.39, 0.29) is 18.1 Å². The Kier molecular flexibility index (Phi) is 4.74. The Balaban J connectivity index is 1.47. The second-order valence-corrected chi connectivity index (χ2v) is 6.85. The first-order valence-electron chi connectivity index (χ1n) is 8.54. The van der Waals surface area contributed by atoms with E-state index in [1.807, 2.05) is 29.2 Å². The third-order valence-corrected chi connectivity index (χ3v) is 4.91. The molecule has 1 aromatic heterocycles. The summed E-state index contributed by atoms with van der Waals surface area (Å²) in [4.78, 5) is 14.7. The highest BCUT2D eigenvalue weighted by atomic mass is 35.5. The molecule has 2 aromatic rings. The first-order chi connectivity index (χ1) is 12.2. The summed E-state index contributed by atoms with van der Waals surface area (Å²) in [7, 11) is 0. The molecule has 132 valence electrons. The van der Waals surface area contributed by atoms with E-state index in [0.29, 0.717) is 30.3 Å². The molecule has 1 unspecified atom stereocenters. The van der Waals surface area contributed by atoms with Gasteiger partial charge in [0.25, 0.3) is 5.91 Å². The number of nitrogens with zero attached hydrogens (tertiary/aromatic N) is 3. The number of halogens is 1. The average molecular weight is 362 g/mol. The number of amides is 1. The van der Waals surface area contributed by atoms with Crippen LogP contribution in [0.15, 0.2) is 36.7 Å². The van der Waals surface area contributed by atoms with Gasteiger partial charge in [-0.05, 0) is 31.0 Å². The minimum absolute atomic E-state index is 0.00373. The van der Waals surface area contributed by atoms with Gasteiger partial charge in [-0.1, -0.05) is 17.7 Å². The number of hydrogen-bond donors (Lipinski definition) is 0. The summed E-state index contributed by atoms with van der Waals surface area (Å²) in [6, 6.07) is 7.38. The molecular formula is C18H20ClN3O3. The Hall–Kier alpha value is -1.89. The maximum absolute atomic E-state index is 12.8. The fourth-order valence-corrected chi connectivity index (χ4v) is 3.63. The summed E-state index contributed by atoms with van der Waals surface area (Å²) in [5.74, 6) is 0.235. The molecule has 0 aliphatic carbocycles. The monoisotopic (exact) mass is 361 g/mol. The summed E-state index contributed by atoms with van der Waals surface area (Å²) in [5.41, 5.74) is 1.41. The molecule has 0 radical (unpaired) electrons. The molecule has 2 fully saturated rings. The van der Waals surface area contributed by atoms with E-state index in [2.05, 4.69) is 5.10 Å². The number of rotatable bonds is 3. The molecule has 6 nitrogen and oxygen atoms in total. The van der Waals surface area contributed by atoms with E-state index in [0.717, 1.165) is 25.1 Å². The Morgan fingerprint density at radius 3 is 2.92 bits per heavy atom. The van der Waals surface area contributed by atoms with E-state index >= 15 is 0 Å². The molecule has 7 heteroatoms. The van der Waals surface area contributed by atoms with Crippen molar-refractivity contribution in [3.8, 4) is 5.69 Å². The molecule has 0 bridgehead atoms. The van der Waals surface area contributed by atoms with Gasteiger partial charge >= 0.3 is 0 Å². The van der Waals surface area contributed by atoms with Crippen LogP contribution in [0.5, 0.6) is 0 Å². The molecule has 2 aliphatic heterocycles. The van der Waals surface area contributed by atoms with Crippen LogP contribution in [0.25, 0.3) is 5.69 Å². The zero-order valence-electron chi connectivity index (χ0n) is 13.8. The molecule has 0 N–H and O–H groups in total. The molecule has 25 heavy (non-hydrogen) atoms. The van der Waals surface area contributed by atoms with Gasteiger partial charge in [0.2, 0.25) is 0 Å². The summed E-state index contributed by atoms with van der Waals surface area (Å²) in [6.07, 6.45) is 5.17. The molecule has 2 saturated heterocycles. The van der Waals surface area contributed by atoms with Gasteiger partial charge in [0.05, 0.1) is 30.7 Å². The maximum atomic E-state index is 12.8. The predicted octanol–water partition coefficient (Wildman–Crippen LogP) is 2.75. The number of benzene rings is 1. The zero-order valence-corrected chi connectivity index (χ0v) is 14.6. The molecule has 0 saturated carbocycles. The number of carbonyl (C=O) groups is 1. The van der Waals surface area contributed by atoms with Crippen molar-refractivity contribution in [2.75, 3.05) is 26.3 Å². The van der Waals surface area contributed by atoms with E-state index in [1.54, 1.807) is 17.1 Å². The lowest BCUT2D eigenvalue weighted by Crippen LogP contribution is -2.43.